The molecule has 1 unspecified atom stereocenters. The molecule has 2 rings (SSSR count). The summed E-state index contributed by atoms with van der Waals surface area (Å²) in [5.74, 6) is -0.173. The first kappa shape index (κ1) is 19.0. The van der Waals surface area contributed by atoms with Crippen LogP contribution in [0.25, 0.3) is 0 Å². The van der Waals surface area contributed by atoms with Gasteiger partial charge in [-0.15, -0.1) is 0 Å². The molecule has 132 valence electrons. The number of carbonyl (C=O) groups is 2. The quantitative estimate of drug-likeness (QED) is 0.718. The smallest absolute Gasteiger partial charge is 0.251 e. The van der Waals surface area contributed by atoms with Crippen molar-refractivity contribution in [1.29, 1.82) is 0 Å². The Morgan fingerprint density at radius 2 is 1.88 bits per heavy atom. The summed E-state index contributed by atoms with van der Waals surface area (Å²) >= 11 is 11.7. The minimum Gasteiger partial charge on any atom is -0.350 e. The Bertz CT molecular complexity index is 589. The number of benzene rings is 1. The fourth-order valence-electron chi connectivity index (χ4n) is 3.06. The lowest BCUT2D eigenvalue weighted by Gasteiger charge is -2.30. The molecule has 0 heterocycles. The molecule has 0 spiro atoms. The Morgan fingerprint density at radius 3 is 2.50 bits per heavy atom. The summed E-state index contributed by atoms with van der Waals surface area (Å²) in [6.45, 7) is 0.319. The van der Waals surface area contributed by atoms with Crippen LogP contribution in [-0.2, 0) is 4.79 Å². The summed E-state index contributed by atoms with van der Waals surface area (Å²) in [5, 5.41) is 6.20. The van der Waals surface area contributed by atoms with Gasteiger partial charge in [-0.05, 0) is 37.0 Å². The van der Waals surface area contributed by atoms with E-state index in [0.29, 0.717) is 28.1 Å². The first-order valence-electron chi connectivity index (χ1n) is 8.24. The molecule has 1 aliphatic carbocycles. The minimum atomic E-state index is -0.370. The average Bonchev–Trinajstić information content (AvgIpc) is 2.60. The van der Waals surface area contributed by atoms with Gasteiger partial charge in [0.1, 0.15) is 0 Å². The largest absolute Gasteiger partial charge is 0.350 e. The van der Waals surface area contributed by atoms with Crippen molar-refractivity contribution in [2.75, 3.05) is 13.1 Å². The van der Waals surface area contributed by atoms with Crippen molar-refractivity contribution >= 4 is 35.0 Å². The van der Waals surface area contributed by atoms with E-state index in [-0.39, 0.29) is 24.4 Å². The zero-order chi connectivity index (χ0) is 17.5. The van der Waals surface area contributed by atoms with Crippen LogP contribution < -0.4 is 16.4 Å². The highest BCUT2D eigenvalue weighted by Crippen LogP contribution is 2.26. The first-order chi connectivity index (χ1) is 11.5. The lowest BCUT2D eigenvalue weighted by Crippen LogP contribution is -2.49. The Balaban J connectivity index is 1.82. The van der Waals surface area contributed by atoms with Crippen LogP contribution >= 0.6 is 23.2 Å². The van der Waals surface area contributed by atoms with Crippen LogP contribution in [0, 0.1) is 5.92 Å². The van der Waals surface area contributed by atoms with E-state index in [1.807, 2.05) is 0 Å². The van der Waals surface area contributed by atoms with Crippen molar-refractivity contribution in [2.45, 2.75) is 38.1 Å². The zero-order valence-corrected chi connectivity index (χ0v) is 15.0. The Labute approximate surface area is 152 Å². The first-order valence-corrected chi connectivity index (χ1v) is 8.99. The van der Waals surface area contributed by atoms with Crippen molar-refractivity contribution < 1.29 is 9.59 Å². The molecule has 0 aromatic heterocycles. The third-order valence-electron chi connectivity index (χ3n) is 4.41. The molecular weight excluding hydrogens is 349 g/mol. The summed E-state index contributed by atoms with van der Waals surface area (Å²) in [4.78, 5) is 24.1. The second kappa shape index (κ2) is 9.25. The second-order valence-electron chi connectivity index (χ2n) is 6.12. The normalized spacial score (nSPS) is 16.5. The van der Waals surface area contributed by atoms with Crippen LogP contribution in [0.15, 0.2) is 18.2 Å². The number of amides is 2. The Kier molecular flexibility index (Phi) is 7.34. The Morgan fingerprint density at radius 1 is 1.17 bits per heavy atom. The molecule has 1 atom stereocenters. The maximum absolute atomic E-state index is 12.1. The van der Waals surface area contributed by atoms with Crippen molar-refractivity contribution in [2.24, 2.45) is 11.7 Å². The standard InChI is InChI=1S/C17H23Cl2N3O2/c18-13-7-6-12(8-14(13)19)17(24)21-10-16(23)22-15(9-20)11-4-2-1-3-5-11/h6-8,11,15H,1-5,9-10,20H2,(H,21,24)(H,22,23). The number of hydrogen-bond donors (Lipinski definition) is 3. The molecule has 5 nitrogen and oxygen atoms in total. The number of nitrogens with one attached hydrogen (secondary N) is 2. The van der Waals surface area contributed by atoms with E-state index in [2.05, 4.69) is 10.6 Å². The van der Waals surface area contributed by atoms with Gasteiger partial charge in [-0.2, -0.15) is 0 Å². The summed E-state index contributed by atoms with van der Waals surface area (Å²) < 4.78 is 0. The molecule has 1 saturated carbocycles. The van der Waals surface area contributed by atoms with Gasteiger partial charge in [0.15, 0.2) is 0 Å². The van der Waals surface area contributed by atoms with Gasteiger partial charge in [-0.3, -0.25) is 9.59 Å². The topological polar surface area (TPSA) is 84.2 Å². The number of halogens is 2. The highest BCUT2D eigenvalue weighted by Gasteiger charge is 2.24. The molecular formula is C17H23Cl2N3O2. The summed E-state index contributed by atoms with van der Waals surface area (Å²) in [5.41, 5.74) is 6.16. The van der Waals surface area contributed by atoms with E-state index in [9.17, 15) is 9.59 Å². The molecule has 24 heavy (non-hydrogen) atoms. The van der Waals surface area contributed by atoms with E-state index in [1.54, 1.807) is 12.1 Å². The monoisotopic (exact) mass is 371 g/mol. The van der Waals surface area contributed by atoms with Gasteiger partial charge < -0.3 is 16.4 Å². The van der Waals surface area contributed by atoms with E-state index < -0.39 is 0 Å². The second-order valence-corrected chi connectivity index (χ2v) is 6.93. The van der Waals surface area contributed by atoms with Gasteiger partial charge >= 0.3 is 0 Å². The summed E-state index contributed by atoms with van der Waals surface area (Å²) in [7, 11) is 0. The third kappa shape index (κ3) is 5.36. The maximum Gasteiger partial charge on any atom is 0.251 e. The van der Waals surface area contributed by atoms with Crippen LogP contribution in [0.5, 0.6) is 0 Å². The van der Waals surface area contributed by atoms with E-state index in [1.165, 1.54) is 25.3 Å². The number of rotatable bonds is 6. The lowest BCUT2D eigenvalue weighted by molar-refractivity contribution is -0.121. The predicted octanol–water partition coefficient (Wildman–Crippen LogP) is 2.75. The molecule has 0 bridgehead atoms. The Hall–Kier alpha value is -1.30. The van der Waals surface area contributed by atoms with Crippen molar-refractivity contribution in [3.63, 3.8) is 0 Å². The lowest BCUT2D eigenvalue weighted by atomic mass is 9.84. The van der Waals surface area contributed by atoms with Gasteiger partial charge in [-0.1, -0.05) is 42.5 Å². The van der Waals surface area contributed by atoms with Gasteiger partial charge in [0.2, 0.25) is 5.91 Å². The molecule has 2 amide bonds. The molecule has 1 fully saturated rings. The third-order valence-corrected chi connectivity index (χ3v) is 5.15. The number of nitrogens with two attached hydrogens (primary N) is 1. The highest BCUT2D eigenvalue weighted by molar-refractivity contribution is 6.42. The average molecular weight is 372 g/mol. The number of carbonyl (C=O) groups excluding carboxylic acids is 2. The molecule has 0 saturated heterocycles. The van der Waals surface area contributed by atoms with Crippen molar-refractivity contribution in [3.05, 3.63) is 33.8 Å². The van der Waals surface area contributed by atoms with Gasteiger partial charge in [0.25, 0.3) is 5.91 Å². The van der Waals surface area contributed by atoms with Crippen LogP contribution in [-0.4, -0.2) is 30.9 Å². The molecule has 1 aromatic rings. The van der Waals surface area contributed by atoms with Gasteiger partial charge in [0.05, 0.1) is 16.6 Å². The summed E-state index contributed by atoms with van der Waals surface area (Å²) in [6, 6.07) is 4.56. The summed E-state index contributed by atoms with van der Waals surface area (Å²) in [6.07, 6.45) is 5.81. The van der Waals surface area contributed by atoms with Crippen molar-refractivity contribution in [1.82, 2.24) is 10.6 Å². The fourth-order valence-corrected chi connectivity index (χ4v) is 3.36. The molecule has 0 aliphatic heterocycles. The highest BCUT2D eigenvalue weighted by atomic mass is 35.5. The van der Waals surface area contributed by atoms with Crippen molar-refractivity contribution in [3.8, 4) is 0 Å². The van der Waals surface area contributed by atoms with Crippen LogP contribution in [0.3, 0.4) is 0 Å². The maximum atomic E-state index is 12.1. The molecule has 7 heteroatoms. The van der Waals surface area contributed by atoms with E-state index in [0.717, 1.165) is 12.8 Å². The molecule has 0 radical (unpaired) electrons. The van der Waals surface area contributed by atoms with Gasteiger partial charge in [-0.25, -0.2) is 0 Å². The van der Waals surface area contributed by atoms with Crippen LogP contribution in [0.4, 0.5) is 0 Å². The van der Waals surface area contributed by atoms with Crippen LogP contribution in [0.1, 0.15) is 42.5 Å². The predicted molar refractivity (Wildman–Crippen MR) is 96.4 cm³/mol. The molecule has 1 aromatic carbocycles. The van der Waals surface area contributed by atoms with E-state index >= 15 is 0 Å². The number of hydrogen-bond acceptors (Lipinski definition) is 3. The van der Waals surface area contributed by atoms with Crippen LogP contribution in [0.2, 0.25) is 10.0 Å². The minimum absolute atomic E-state index is 0.0281. The fraction of sp³-hybridized carbons (Fsp3) is 0.529. The molecule has 1 aliphatic rings. The zero-order valence-electron chi connectivity index (χ0n) is 13.5. The molecule has 4 N–H and O–H groups in total. The SMILES string of the molecule is NCC(NC(=O)CNC(=O)c1ccc(Cl)c(Cl)c1)C1CCCCC1. The van der Waals surface area contributed by atoms with Gasteiger partial charge in [0, 0.05) is 18.2 Å². The van der Waals surface area contributed by atoms with E-state index in [4.69, 9.17) is 28.9 Å².